The molecule has 0 spiro atoms. The van der Waals surface area contributed by atoms with Gasteiger partial charge in [-0.3, -0.25) is 28.2 Å². The Balaban J connectivity index is 4.52. The SMILES string of the molecule is CCCCC/C=C\C=C\C(=O)CCCCCCCC(=O)O[C@H](COC(=O)CCCCCCC/C=C\C/C=C\CCCCC)COP(=O)(O)OC[C@H](N)C(=O)O. The molecule has 0 saturated carbocycles. The number of esters is 2. The molecule has 4 N–H and O–H groups in total. The highest BCUT2D eigenvalue weighted by Crippen LogP contribution is 2.43. The second kappa shape index (κ2) is 36.7. The predicted molar refractivity (Wildman–Crippen MR) is 217 cm³/mol. The van der Waals surface area contributed by atoms with Gasteiger partial charge in [0, 0.05) is 19.3 Å². The maximum Gasteiger partial charge on any atom is 0.472 e. The first kappa shape index (κ1) is 52.1. The van der Waals surface area contributed by atoms with Crippen LogP contribution in [-0.4, -0.2) is 65.7 Å². The highest BCUT2D eigenvalue weighted by molar-refractivity contribution is 7.47. The van der Waals surface area contributed by atoms with Crippen molar-refractivity contribution in [1.29, 1.82) is 0 Å². The first-order valence-electron chi connectivity index (χ1n) is 20.6. The van der Waals surface area contributed by atoms with Gasteiger partial charge < -0.3 is 25.2 Å². The first-order valence-corrected chi connectivity index (χ1v) is 22.1. The van der Waals surface area contributed by atoms with Gasteiger partial charge in [0.2, 0.25) is 0 Å². The van der Waals surface area contributed by atoms with E-state index in [1.54, 1.807) is 12.2 Å². The molecule has 0 bridgehead atoms. The number of hydrogen-bond donors (Lipinski definition) is 3. The Kier molecular flexibility index (Phi) is 34.8. The van der Waals surface area contributed by atoms with E-state index in [0.29, 0.717) is 19.3 Å². The number of aliphatic carboxylic acids is 1. The molecule has 0 fully saturated rings. The quantitative estimate of drug-likeness (QED) is 0.0134. The minimum Gasteiger partial charge on any atom is -0.480 e. The Bertz CT molecular complexity index is 1180. The number of unbranched alkanes of at least 4 members (excludes halogenated alkanes) is 15. The molecular weight excluding hydrogens is 725 g/mol. The van der Waals surface area contributed by atoms with Crippen molar-refractivity contribution < 1.29 is 52.3 Å². The van der Waals surface area contributed by atoms with Crippen molar-refractivity contribution in [2.75, 3.05) is 19.8 Å². The number of ether oxygens (including phenoxy) is 2. The predicted octanol–water partition coefficient (Wildman–Crippen LogP) is 9.79. The van der Waals surface area contributed by atoms with Gasteiger partial charge in [0.25, 0.3) is 0 Å². The van der Waals surface area contributed by atoms with Crippen molar-refractivity contribution >= 4 is 31.5 Å². The van der Waals surface area contributed by atoms with Crippen LogP contribution in [0, 0.1) is 0 Å². The number of carbonyl (C=O) groups is 4. The van der Waals surface area contributed by atoms with Crippen LogP contribution in [0.5, 0.6) is 0 Å². The van der Waals surface area contributed by atoms with Crippen LogP contribution in [0.25, 0.3) is 0 Å². The molecule has 0 aromatic heterocycles. The third-order valence-electron chi connectivity index (χ3n) is 8.53. The maximum atomic E-state index is 12.6. The molecule has 1 unspecified atom stereocenters. The minimum absolute atomic E-state index is 0.0728. The second-order valence-corrected chi connectivity index (χ2v) is 15.3. The van der Waals surface area contributed by atoms with E-state index < -0.39 is 57.7 Å². The summed E-state index contributed by atoms with van der Waals surface area (Å²) < 4.78 is 32.5. The standard InChI is InChI=1S/C42H72NO11P/c1-3-5-7-9-11-12-13-14-15-16-17-18-20-24-28-32-40(45)51-34-38(35-52-55(49,50)53-36-39(43)42(47)48)54-41(46)33-29-25-21-23-27-31-37(44)30-26-22-19-10-8-6-4-2/h11-12,14-15,19,22,26,30,38-39H,3-10,13,16-18,20-21,23-25,27-29,31-36,43H2,1-2H3,(H,47,48)(H,49,50)/b12-11-,15-14-,22-19-,30-26+/t38-,39+/m1/s1. The van der Waals surface area contributed by atoms with Gasteiger partial charge in [0.15, 0.2) is 11.9 Å². The molecule has 0 heterocycles. The zero-order valence-electron chi connectivity index (χ0n) is 33.8. The van der Waals surface area contributed by atoms with Gasteiger partial charge in [0.05, 0.1) is 13.2 Å². The Morgan fingerprint density at radius 3 is 1.73 bits per heavy atom. The average molecular weight is 798 g/mol. The van der Waals surface area contributed by atoms with E-state index in [9.17, 15) is 28.6 Å². The molecule has 3 atom stereocenters. The van der Waals surface area contributed by atoms with Crippen molar-refractivity contribution in [1.82, 2.24) is 0 Å². The number of phosphoric acid groups is 1. The van der Waals surface area contributed by atoms with Crippen LogP contribution in [0.3, 0.4) is 0 Å². The third-order valence-corrected chi connectivity index (χ3v) is 9.48. The van der Waals surface area contributed by atoms with Crippen molar-refractivity contribution in [3.8, 4) is 0 Å². The number of carbonyl (C=O) groups excluding carboxylic acids is 3. The summed E-state index contributed by atoms with van der Waals surface area (Å²) in [5.41, 5.74) is 5.31. The first-order chi connectivity index (χ1) is 26.5. The largest absolute Gasteiger partial charge is 0.480 e. The van der Waals surface area contributed by atoms with E-state index in [2.05, 4.69) is 48.8 Å². The summed E-state index contributed by atoms with van der Waals surface area (Å²) >= 11 is 0. The van der Waals surface area contributed by atoms with Gasteiger partial charge >= 0.3 is 25.7 Å². The molecule has 0 aromatic rings. The van der Waals surface area contributed by atoms with Crippen LogP contribution < -0.4 is 5.73 Å². The van der Waals surface area contributed by atoms with Gasteiger partial charge in [0.1, 0.15) is 12.6 Å². The Labute approximate surface area is 331 Å². The van der Waals surface area contributed by atoms with E-state index in [-0.39, 0.29) is 18.6 Å². The molecule has 0 aliphatic heterocycles. The Morgan fingerprint density at radius 1 is 0.618 bits per heavy atom. The second-order valence-electron chi connectivity index (χ2n) is 13.8. The van der Waals surface area contributed by atoms with E-state index in [1.807, 2.05) is 6.08 Å². The van der Waals surface area contributed by atoms with Gasteiger partial charge in [-0.25, -0.2) is 4.57 Å². The van der Waals surface area contributed by atoms with Gasteiger partial charge in [-0.15, -0.1) is 0 Å². The zero-order chi connectivity index (χ0) is 40.8. The molecule has 12 nitrogen and oxygen atoms in total. The fourth-order valence-corrected chi connectivity index (χ4v) is 5.97. The summed E-state index contributed by atoms with van der Waals surface area (Å²) in [7, 11) is -4.75. The molecule has 0 aliphatic rings. The van der Waals surface area contributed by atoms with Gasteiger partial charge in [-0.1, -0.05) is 121 Å². The van der Waals surface area contributed by atoms with Crippen LogP contribution >= 0.6 is 7.82 Å². The molecule has 316 valence electrons. The summed E-state index contributed by atoms with van der Waals surface area (Å²) in [6.07, 6.45) is 35.7. The van der Waals surface area contributed by atoms with Crippen LogP contribution in [0.4, 0.5) is 0 Å². The topological polar surface area (TPSA) is 189 Å². The number of carboxylic acid groups (broad SMARTS) is 1. The summed E-state index contributed by atoms with van der Waals surface area (Å²) in [6, 6.07) is -1.54. The molecule has 13 heteroatoms. The number of carboxylic acids is 1. The molecule has 0 rings (SSSR count). The highest BCUT2D eigenvalue weighted by atomic mass is 31.2. The van der Waals surface area contributed by atoms with Crippen molar-refractivity contribution in [2.45, 2.75) is 174 Å². The van der Waals surface area contributed by atoms with E-state index in [4.69, 9.17) is 24.8 Å². The van der Waals surface area contributed by atoms with Gasteiger partial charge in [-0.2, -0.15) is 0 Å². The number of phosphoric ester groups is 1. The molecule has 0 aliphatic carbocycles. The summed E-state index contributed by atoms with van der Waals surface area (Å²) in [6.45, 7) is 2.57. The number of rotatable bonds is 38. The number of ketones is 1. The van der Waals surface area contributed by atoms with Crippen molar-refractivity contribution in [3.63, 3.8) is 0 Å². The minimum atomic E-state index is -4.75. The monoisotopic (exact) mass is 797 g/mol. The Morgan fingerprint density at radius 2 is 1.13 bits per heavy atom. The van der Waals surface area contributed by atoms with Crippen LogP contribution in [0.15, 0.2) is 48.6 Å². The third kappa shape index (κ3) is 36.5. The fourth-order valence-electron chi connectivity index (χ4n) is 5.19. The number of nitrogens with two attached hydrogens (primary N) is 1. The van der Waals surface area contributed by atoms with Crippen LogP contribution in [-0.2, 0) is 42.3 Å². The number of hydrogen-bond acceptors (Lipinski definition) is 10. The van der Waals surface area contributed by atoms with Crippen LogP contribution in [0.1, 0.15) is 162 Å². The van der Waals surface area contributed by atoms with Gasteiger partial charge in [-0.05, 0) is 70.3 Å². The molecule has 0 amide bonds. The molecular formula is C42H72NO11P. The van der Waals surface area contributed by atoms with Crippen molar-refractivity contribution in [3.05, 3.63) is 48.6 Å². The normalized spacial score (nSPS) is 14.2. The number of allylic oxidation sites excluding steroid dienone is 8. The lowest BCUT2D eigenvalue weighted by Gasteiger charge is -2.20. The summed E-state index contributed by atoms with van der Waals surface area (Å²) in [5.74, 6) is -2.42. The average Bonchev–Trinajstić information content (AvgIpc) is 3.15. The zero-order valence-corrected chi connectivity index (χ0v) is 34.6. The van der Waals surface area contributed by atoms with E-state index in [0.717, 1.165) is 83.5 Å². The lowest BCUT2D eigenvalue weighted by atomic mass is 10.1. The highest BCUT2D eigenvalue weighted by Gasteiger charge is 2.28. The maximum absolute atomic E-state index is 12.6. The molecule has 0 radical (unpaired) electrons. The fraction of sp³-hybridized carbons (Fsp3) is 0.714. The lowest BCUT2D eigenvalue weighted by Crippen LogP contribution is -2.34. The molecule has 55 heavy (non-hydrogen) atoms. The smallest absolute Gasteiger partial charge is 0.472 e. The Hall–Kier alpha value is -2.89. The lowest BCUT2D eigenvalue weighted by molar-refractivity contribution is -0.161. The molecule has 0 aromatic carbocycles. The van der Waals surface area contributed by atoms with Crippen LogP contribution in [0.2, 0.25) is 0 Å². The van der Waals surface area contributed by atoms with Crippen molar-refractivity contribution in [2.24, 2.45) is 5.73 Å². The van der Waals surface area contributed by atoms with E-state index in [1.165, 1.54) is 32.1 Å². The summed E-state index contributed by atoms with van der Waals surface area (Å²) in [4.78, 5) is 57.9. The molecule has 0 saturated heterocycles. The summed E-state index contributed by atoms with van der Waals surface area (Å²) in [5, 5.41) is 8.87. The van der Waals surface area contributed by atoms with E-state index >= 15 is 0 Å².